The summed E-state index contributed by atoms with van der Waals surface area (Å²) in [6, 6.07) is 24.0. The summed E-state index contributed by atoms with van der Waals surface area (Å²) in [5.41, 5.74) is 5.26. The number of nitriles is 1. The Morgan fingerprint density at radius 3 is 2.44 bits per heavy atom. The fourth-order valence-electron chi connectivity index (χ4n) is 4.09. The molecule has 0 unspecified atom stereocenters. The lowest BCUT2D eigenvalue weighted by atomic mass is 9.83. The number of ether oxygens (including phenoxy) is 1. The van der Waals surface area contributed by atoms with E-state index in [2.05, 4.69) is 5.48 Å². The highest BCUT2D eigenvalue weighted by Gasteiger charge is 2.24. The van der Waals surface area contributed by atoms with Crippen LogP contribution in [0.2, 0.25) is 0 Å². The second kappa shape index (κ2) is 9.96. The van der Waals surface area contributed by atoms with Crippen LogP contribution in [0.4, 0.5) is 0 Å². The molecule has 1 aromatic heterocycles. The number of nitrogens with one attached hydrogen (secondary N) is 1. The summed E-state index contributed by atoms with van der Waals surface area (Å²) in [5.74, 6) is -0.682. The van der Waals surface area contributed by atoms with Crippen LogP contribution in [0.3, 0.4) is 0 Å². The summed E-state index contributed by atoms with van der Waals surface area (Å²) in [4.78, 5) is 31.0. The van der Waals surface area contributed by atoms with Crippen LogP contribution in [0.1, 0.15) is 58.3 Å². The maximum atomic E-state index is 13.0. The van der Waals surface area contributed by atoms with Crippen molar-refractivity contribution in [3.8, 4) is 11.8 Å². The average molecular weight is 482 g/mol. The molecule has 182 valence electrons. The lowest BCUT2D eigenvalue weighted by Crippen LogP contribution is -2.30. The van der Waals surface area contributed by atoms with E-state index in [4.69, 9.17) is 9.57 Å². The first kappa shape index (κ1) is 24.6. The molecule has 0 fully saturated rings. The fraction of sp³-hybridized carbons (Fsp3) is 0.207. The van der Waals surface area contributed by atoms with Gasteiger partial charge in [0.2, 0.25) is 0 Å². The number of para-hydroxylation sites is 1. The number of fused-ring (bicyclic) bond motifs is 1. The third-order valence-electron chi connectivity index (χ3n) is 5.90. The van der Waals surface area contributed by atoms with E-state index >= 15 is 0 Å². The monoisotopic (exact) mass is 481 g/mol. The van der Waals surface area contributed by atoms with Crippen LogP contribution in [-0.2, 0) is 23.9 Å². The van der Waals surface area contributed by atoms with Crippen LogP contribution in [0, 0.1) is 11.3 Å². The van der Waals surface area contributed by atoms with Gasteiger partial charge in [-0.3, -0.25) is 4.79 Å². The number of nitrogens with zero attached hydrogens (tertiary/aromatic N) is 2. The van der Waals surface area contributed by atoms with Crippen LogP contribution in [0.5, 0.6) is 5.75 Å². The minimum Gasteiger partial charge on any atom is -0.487 e. The van der Waals surface area contributed by atoms with Gasteiger partial charge in [0.05, 0.1) is 22.7 Å². The van der Waals surface area contributed by atoms with E-state index in [0.717, 1.165) is 16.5 Å². The number of benzene rings is 3. The Kier molecular flexibility index (Phi) is 6.80. The molecule has 0 spiro atoms. The first-order chi connectivity index (χ1) is 17.2. The summed E-state index contributed by atoms with van der Waals surface area (Å²) in [5, 5.41) is 10.1. The number of hydrogen-bond donors (Lipinski definition) is 1. The van der Waals surface area contributed by atoms with Crippen molar-refractivity contribution in [2.75, 3.05) is 0 Å². The molecule has 1 amide bonds. The average Bonchev–Trinajstić information content (AvgIpc) is 3.22. The number of carbonyl (C=O) groups excluding carboxylic acids is 2. The van der Waals surface area contributed by atoms with Crippen molar-refractivity contribution in [2.45, 2.75) is 32.8 Å². The van der Waals surface area contributed by atoms with Crippen molar-refractivity contribution < 1.29 is 19.2 Å². The third-order valence-corrected chi connectivity index (χ3v) is 5.90. The molecule has 0 aliphatic carbocycles. The SMILES string of the molecule is Cn1c(C(=O)NOC(=O)c2cc(C#N)ccc2C(C)(C)C)cc2cccc(OCc3ccccc3)c21. The van der Waals surface area contributed by atoms with E-state index < -0.39 is 11.9 Å². The standard InChI is InChI=1S/C29H27N3O4/c1-29(2,3)23-14-13-20(17-30)15-22(23)28(34)36-31-27(33)24-16-21-11-8-12-25(26(21)32(24)4)35-18-19-9-6-5-7-10-19/h5-16H,18H2,1-4H3,(H,31,33). The van der Waals surface area contributed by atoms with Crippen LogP contribution < -0.4 is 10.2 Å². The summed E-state index contributed by atoms with van der Waals surface area (Å²) < 4.78 is 7.74. The van der Waals surface area contributed by atoms with Crippen LogP contribution in [-0.4, -0.2) is 16.4 Å². The Morgan fingerprint density at radius 2 is 1.75 bits per heavy atom. The minimum absolute atomic E-state index is 0.232. The van der Waals surface area contributed by atoms with Gasteiger partial charge < -0.3 is 14.1 Å². The molecule has 0 atom stereocenters. The second-order valence-corrected chi connectivity index (χ2v) is 9.50. The minimum atomic E-state index is -0.740. The number of rotatable bonds is 5. The van der Waals surface area contributed by atoms with Crippen LogP contribution in [0.25, 0.3) is 10.9 Å². The molecular weight excluding hydrogens is 454 g/mol. The molecule has 4 aromatic rings. The quantitative estimate of drug-likeness (QED) is 0.384. The van der Waals surface area contributed by atoms with Gasteiger partial charge in [0, 0.05) is 12.4 Å². The summed E-state index contributed by atoms with van der Waals surface area (Å²) in [6.07, 6.45) is 0. The zero-order valence-electron chi connectivity index (χ0n) is 20.7. The second-order valence-electron chi connectivity index (χ2n) is 9.50. The van der Waals surface area contributed by atoms with Gasteiger partial charge in [0.1, 0.15) is 18.1 Å². The van der Waals surface area contributed by atoms with Crippen molar-refractivity contribution in [3.05, 3.63) is 101 Å². The van der Waals surface area contributed by atoms with Crippen molar-refractivity contribution in [2.24, 2.45) is 7.05 Å². The van der Waals surface area contributed by atoms with E-state index in [9.17, 15) is 14.9 Å². The zero-order chi connectivity index (χ0) is 25.9. The normalized spacial score (nSPS) is 11.1. The lowest BCUT2D eigenvalue weighted by molar-refractivity contribution is 0.0225. The van der Waals surface area contributed by atoms with Crippen LogP contribution in [0.15, 0.2) is 72.8 Å². The number of carbonyl (C=O) groups is 2. The number of hydroxylamine groups is 1. The van der Waals surface area contributed by atoms with Gasteiger partial charge in [0.25, 0.3) is 0 Å². The van der Waals surface area contributed by atoms with Gasteiger partial charge >= 0.3 is 11.9 Å². The Bertz CT molecular complexity index is 1470. The first-order valence-corrected chi connectivity index (χ1v) is 11.5. The summed E-state index contributed by atoms with van der Waals surface area (Å²) >= 11 is 0. The zero-order valence-corrected chi connectivity index (χ0v) is 20.7. The highest BCUT2D eigenvalue weighted by Crippen LogP contribution is 2.30. The molecule has 7 nitrogen and oxygen atoms in total. The molecular formula is C29H27N3O4. The van der Waals surface area contributed by atoms with Gasteiger partial charge in [-0.25, -0.2) is 4.79 Å². The van der Waals surface area contributed by atoms with Gasteiger partial charge in [-0.2, -0.15) is 10.7 Å². The molecule has 0 aliphatic rings. The van der Waals surface area contributed by atoms with Crippen LogP contribution >= 0.6 is 0 Å². The Morgan fingerprint density at radius 1 is 1.00 bits per heavy atom. The molecule has 1 heterocycles. The predicted octanol–water partition coefficient (Wildman–Crippen LogP) is 5.43. The van der Waals surface area contributed by atoms with E-state index in [1.165, 1.54) is 6.07 Å². The van der Waals surface area contributed by atoms with Gasteiger partial charge in [-0.15, -0.1) is 0 Å². The molecule has 1 N–H and O–H groups in total. The molecule has 3 aromatic carbocycles. The largest absolute Gasteiger partial charge is 0.487 e. The Labute approximate surface area is 209 Å². The predicted molar refractivity (Wildman–Crippen MR) is 136 cm³/mol. The van der Waals surface area contributed by atoms with E-state index in [0.29, 0.717) is 29.2 Å². The fourth-order valence-corrected chi connectivity index (χ4v) is 4.09. The van der Waals surface area contributed by atoms with Gasteiger partial charge in [0.15, 0.2) is 0 Å². The topological polar surface area (TPSA) is 93.4 Å². The summed E-state index contributed by atoms with van der Waals surface area (Å²) in [6.45, 7) is 6.26. The first-order valence-electron chi connectivity index (χ1n) is 11.5. The van der Waals surface area contributed by atoms with Gasteiger partial charge in [-0.05, 0) is 40.8 Å². The molecule has 0 radical (unpaired) electrons. The molecule has 7 heteroatoms. The highest BCUT2D eigenvalue weighted by molar-refractivity contribution is 6.01. The maximum absolute atomic E-state index is 13.0. The Hall–Kier alpha value is -4.57. The number of aromatic nitrogens is 1. The summed E-state index contributed by atoms with van der Waals surface area (Å²) in [7, 11) is 1.75. The van der Waals surface area contributed by atoms with Crippen molar-refractivity contribution in [1.82, 2.24) is 10.0 Å². The van der Waals surface area contributed by atoms with E-state index in [1.54, 1.807) is 29.8 Å². The molecule has 0 aliphatic heterocycles. The number of amides is 1. The van der Waals surface area contributed by atoms with Gasteiger partial charge in [-0.1, -0.05) is 69.3 Å². The molecule has 0 bridgehead atoms. The third kappa shape index (κ3) is 5.08. The highest BCUT2D eigenvalue weighted by atomic mass is 16.7. The lowest BCUT2D eigenvalue weighted by Gasteiger charge is -2.22. The van der Waals surface area contributed by atoms with Crippen molar-refractivity contribution >= 4 is 22.8 Å². The molecule has 0 saturated heterocycles. The smallest absolute Gasteiger partial charge is 0.363 e. The van der Waals surface area contributed by atoms with Crippen molar-refractivity contribution in [3.63, 3.8) is 0 Å². The maximum Gasteiger partial charge on any atom is 0.363 e. The van der Waals surface area contributed by atoms with E-state index in [-0.39, 0.29) is 11.0 Å². The molecule has 36 heavy (non-hydrogen) atoms. The number of hydrogen-bond acceptors (Lipinski definition) is 5. The Balaban J connectivity index is 1.54. The molecule has 4 rings (SSSR count). The van der Waals surface area contributed by atoms with Crippen molar-refractivity contribution in [1.29, 1.82) is 5.26 Å². The van der Waals surface area contributed by atoms with E-state index in [1.807, 2.05) is 75.4 Å². The molecule has 0 saturated carbocycles. The number of aryl methyl sites for hydroxylation is 1.